The van der Waals surface area contributed by atoms with Crippen molar-refractivity contribution < 1.29 is 28.9 Å². The Hall–Kier alpha value is -3.37. The molecule has 1 N–H and O–H groups in total. The van der Waals surface area contributed by atoms with E-state index < -0.39 is 23.5 Å². The molecular formula is C23H22N2O6S2. The molecule has 0 spiro atoms. The van der Waals surface area contributed by atoms with Gasteiger partial charge >= 0.3 is 0 Å². The van der Waals surface area contributed by atoms with Crippen molar-refractivity contribution in [3.63, 3.8) is 0 Å². The summed E-state index contributed by atoms with van der Waals surface area (Å²) in [6, 6.07) is 5.79. The number of aryl methyl sites for hydroxylation is 2. The summed E-state index contributed by atoms with van der Waals surface area (Å²) in [5.74, 6) is -0.623. The summed E-state index contributed by atoms with van der Waals surface area (Å²) in [6.07, 6.45) is 0. The van der Waals surface area contributed by atoms with E-state index in [1.807, 2.05) is 13.8 Å². The highest BCUT2D eigenvalue weighted by Crippen LogP contribution is 2.47. The van der Waals surface area contributed by atoms with Gasteiger partial charge in [0, 0.05) is 4.88 Å². The van der Waals surface area contributed by atoms with Crippen LogP contribution in [0.1, 0.15) is 31.8 Å². The van der Waals surface area contributed by atoms with E-state index in [1.165, 1.54) is 48.9 Å². The zero-order valence-electron chi connectivity index (χ0n) is 18.7. The minimum atomic E-state index is -0.939. The van der Waals surface area contributed by atoms with Crippen LogP contribution < -0.4 is 19.1 Å². The van der Waals surface area contributed by atoms with Gasteiger partial charge < -0.3 is 19.3 Å². The highest BCUT2D eigenvalue weighted by Gasteiger charge is 2.46. The van der Waals surface area contributed by atoms with E-state index in [0.717, 1.165) is 10.6 Å². The molecule has 0 saturated carbocycles. The number of hydrogen-bond donors (Lipinski definition) is 1. The lowest BCUT2D eigenvalue weighted by Crippen LogP contribution is -2.31. The number of thiophene rings is 1. The minimum absolute atomic E-state index is 0.0257. The third-order valence-corrected chi connectivity index (χ3v) is 7.36. The molecule has 8 nitrogen and oxygen atoms in total. The highest BCUT2D eigenvalue weighted by atomic mass is 32.1. The second kappa shape index (κ2) is 8.87. The molecule has 10 heteroatoms. The predicted molar refractivity (Wildman–Crippen MR) is 126 cm³/mol. The lowest BCUT2D eigenvalue weighted by atomic mass is 9.95. The molecule has 1 aliphatic heterocycles. The number of benzene rings is 1. The number of nitrogens with zero attached hydrogens (tertiary/aromatic N) is 2. The summed E-state index contributed by atoms with van der Waals surface area (Å²) in [4.78, 5) is 33.9. The SMILES string of the molecule is COc1cc(C2C(C(=O)c3cccs3)=C(O)C(=O)N2c2nc(C)c(C)s2)cc(OC)c1OC. The van der Waals surface area contributed by atoms with Gasteiger partial charge in [-0.25, -0.2) is 4.98 Å². The summed E-state index contributed by atoms with van der Waals surface area (Å²) in [7, 11) is 4.46. The van der Waals surface area contributed by atoms with Gasteiger partial charge in [0.1, 0.15) is 0 Å². The Morgan fingerprint density at radius 3 is 2.27 bits per heavy atom. The number of anilines is 1. The molecule has 172 valence electrons. The molecule has 2 aromatic heterocycles. The van der Waals surface area contributed by atoms with Gasteiger partial charge in [0.15, 0.2) is 22.4 Å². The van der Waals surface area contributed by atoms with Crippen LogP contribution in [0.25, 0.3) is 0 Å². The minimum Gasteiger partial charge on any atom is -0.503 e. The summed E-state index contributed by atoms with van der Waals surface area (Å²) >= 11 is 2.55. The summed E-state index contributed by atoms with van der Waals surface area (Å²) in [6.45, 7) is 3.74. The monoisotopic (exact) mass is 486 g/mol. The Morgan fingerprint density at radius 2 is 1.79 bits per heavy atom. The number of amides is 1. The number of carbonyl (C=O) groups excluding carboxylic acids is 2. The van der Waals surface area contributed by atoms with Gasteiger partial charge in [0.2, 0.25) is 11.5 Å². The van der Waals surface area contributed by atoms with Gasteiger partial charge in [0.05, 0.1) is 43.5 Å². The number of methoxy groups -OCH3 is 3. The van der Waals surface area contributed by atoms with Gasteiger partial charge in [-0.1, -0.05) is 6.07 Å². The summed E-state index contributed by atoms with van der Waals surface area (Å²) in [5.41, 5.74) is 1.25. The number of thiazole rings is 1. The van der Waals surface area contributed by atoms with Crippen molar-refractivity contribution in [3.8, 4) is 17.2 Å². The standard InChI is InChI=1S/C23H22N2O6S2/c1-11-12(2)33-23(24-11)25-18(13-9-14(29-3)21(31-5)15(10-13)30-4)17(20(27)22(25)28)19(26)16-7-6-8-32-16/h6-10,18,27H,1-5H3. The first-order valence-electron chi connectivity index (χ1n) is 9.91. The molecular weight excluding hydrogens is 464 g/mol. The van der Waals surface area contributed by atoms with Gasteiger partial charge in [0.25, 0.3) is 5.91 Å². The first-order valence-corrected chi connectivity index (χ1v) is 11.6. The largest absolute Gasteiger partial charge is 0.503 e. The molecule has 0 fully saturated rings. The molecule has 33 heavy (non-hydrogen) atoms. The molecule has 1 amide bonds. The molecule has 3 aromatic rings. The lowest BCUT2D eigenvalue weighted by Gasteiger charge is -2.25. The maximum Gasteiger partial charge on any atom is 0.296 e. The fourth-order valence-electron chi connectivity index (χ4n) is 3.71. The first kappa shape index (κ1) is 22.8. The second-order valence-corrected chi connectivity index (χ2v) is 9.37. The van der Waals surface area contributed by atoms with Crippen molar-refractivity contribution in [2.24, 2.45) is 0 Å². The third-order valence-electron chi connectivity index (χ3n) is 5.42. The Labute approximate surface area is 198 Å². The van der Waals surface area contributed by atoms with Gasteiger partial charge in [-0.3, -0.25) is 14.5 Å². The van der Waals surface area contributed by atoms with Crippen LogP contribution in [0.3, 0.4) is 0 Å². The fourth-order valence-corrected chi connectivity index (χ4v) is 5.32. The van der Waals surface area contributed by atoms with Crippen molar-refractivity contribution >= 4 is 39.5 Å². The number of aliphatic hydroxyl groups is 1. The van der Waals surface area contributed by atoms with Crippen molar-refractivity contribution in [1.82, 2.24) is 4.98 Å². The van der Waals surface area contributed by atoms with Crippen LogP contribution in [0.5, 0.6) is 17.2 Å². The smallest absolute Gasteiger partial charge is 0.296 e. The van der Waals surface area contributed by atoms with Crippen LogP contribution in [-0.2, 0) is 4.79 Å². The number of Topliss-reactive ketones (excluding diaryl/α,β-unsaturated/α-hetero) is 1. The van der Waals surface area contributed by atoms with Crippen molar-refractivity contribution in [3.05, 3.63) is 62.0 Å². The first-order chi connectivity index (χ1) is 15.8. The zero-order valence-corrected chi connectivity index (χ0v) is 20.3. The van der Waals surface area contributed by atoms with Crippen molar-refractivity contribution in [2.45, 2.75) is 19.9 Å². The van der Waals surface area contributed by atoms with Crippen molar-refractivity contribution in [1.29, 1.82) is 0 Å². The molecule has 1 unspecified atom stereocenters. The van der Waals surface area contributed by atoms with E-state index in [2.05, 4.69) is 4.98 Å². The number of ether oxygens (including phenoxy) is 3. The molecule has 4 rings (SSSR count). The molecule has 0 aliphatic carbocycles. The van der Waals surface area contributed by atoms with Crippen LogP contribution in [0.2, 0.25) is 0 Å². The van der Waals surface area contributed by atoms with Crippen molar-refractivity contribution in [2.75, 3.05) is 26.2 Å². The summed E-state index contributed by atoms with van der Waals surface area (Å²) < 4.78 is 16.4. The van der Waals surface area contributed by atoms with Crippen LogP contribution in [-0.4, -0.2) is 43.1 Å². The normalized spacial score (nSPS) is 15.8. The number of hydrogen-bond acceptors (Lipinski definition) is 9. The second-order valence-electron chi connectivity index (χ2n) is 7.24. The average Bonchev–Trinajstić information content (AvgIpc) is 3.52. The Kier molecular flexibility index (Phi) is 6.13. The number of aliphatic hydroxyl groups excluding tert-OH is 1. The fraction of sp³-hybridized carbons (Fsp3) is 0.261. The molecule has 0 radical (unpaired) electrons. The van der Waals surface area contributed by atoms with Crippen LogP contribution >= 0.6 is 22.7 Å². The van der Waals surface area contributed by atoms with Crippen LogP contribution in [0.4, 0.5) is 5.13 Å². The number of carbonyl (C=O) groups is 2. The van der Waals surface area contributed by atoms with E-state index in [1.54, 1.807) is 29.6 Å². The Balaban J connectivity index is 1.96. The summed E-state index contributed by atoms with van der Waals surface area (Å²) in [5, 5.41) is 13.0. The van der Waals surface area contributed by atoms with E-state index in [0.29, 0.717) is 32.8 Å². The van der Waals surface area contributed by atoms with E-state index in [-0.39, 0.29) is 5.57 Å². The van der Waals surface area contributed by atoms with E-state index >= 15 is 0 Å². The molecule has 0 bridgehead atoms. The molecule has 1 aliphatic rings. The predicted octanol–water partition coefficient (Wildman–Crippen LogP) is 4.63. The highest BCUT2D eigenvalue weighted by molar-refractivity contribution is 7.16. The van der Waals surface area contributed by atoms with Gasteiger partial charge in [-0.05, 0) is 43.0 Å². The Morgan fingerprint density at radius 1 is 1.12 bits per heavy atom. The van der Waals surface area contributed by atoms with Crippen LogP contribution in [0, 0.1) is 13.8 Å². The van der Waals surface area contributed by atoms with E-state index in [9.17, 15) is 14.7 Å². The molecule has 1 aromatic carbocycles. The third kappa shape index (κ3) is 3.75. The maximum atomic E-state index is 13.4. The number of ketones is 1. The molecule has 1 atom stereocenters. The topological polar surface area (TPSA) is 98.2 Å². The quantitative estimate of drug-likeness (QED) is 0.486. The zero-order chi connectivity index (χ0) is 23.9. The number of aromatic nitrogens is 1. The van der Waals surface area contributed by atoms with Crippen LogP contribution in [0.15, 0.2) is 41.0 Å². The molecule has 3 heterocycles. The number of rotatable bonds is 7. The average molecular weight is 487 g/mol. The molecule has 0 saturated heterocycles. The Bertz CT molecular complexity index is 1220. The van der Waals surface area contributed by atoms with Gasteiger partial charge in [-0.15, -0.1) is 22.7 Å². The lowest BCUT2D eigenvalue weighted by molar-refractivity contribution is -0.117. The van der Waals surface area contributed by atoms with E-state index in [4.69, 9.17) is 14.2 Å². The van der Waals surface area contributed by atoms with Gasteiger partial charge in [-0.2, -0.15) is 0 Å². The maximum absolute atomic E-state index is 13.4.